The second kappa shape index (κ2) is 3.98. The second-order valence-electron chi connectivity index (χ2n) is 4.71. The third-order valence-corrected chi connectivity index (χ3v) is 5.04. The lowest BCUT2D eigenvalue weighted by Gasteiger charge is -2.41. The molecular formula is C13H20S. The van der Waals surface area contributed by atoms with Crippen molar-refractivity contribution in [2.24, 2.45) is 0 Å². The summed E-state index contributed by atoms with van der Waals surface area (Å²) in [5, 5.41) is 0. The Morgan fingerprint density at radius 1 is 0.929 bits per heavy atom. The molecule has 0 aliphatic carbocycles. The van der Waals surface area contributed by atoms with Crippen molar-refractivity contribution in [3.8, 4) is 0 Å². The van der Waals surface area contributed by atoms with Crippen LogP contribution in [0.1, 0.15) is 33.3 Å². The first kappa shape index (κ1) is 11.6. The van der Waals surface area contributed by atoms with E-state index < -0.39 is 0 Å². The van der Waals surface area contributed by atoms with E-state index in [1.807, 2.05) is 11.8 Å². The Bertz CT molecular complexity index is 285. The molecule has 78 valence electrons. The Hall–Kier alpha value is -0.430. The van der Waals surface area contributed by atoms with Gasteiger partial charge in [0.05, 0.1) is 0 Å². The molecule has 0 spiro atoms. The van der Waals surface area contributed by atoms with Crippen LogP contribution in [0.15, 0.2) is 30.3 Å². The number of hydrogen-bond acceptors (Lipinski definition) is 1. The predicted octanol–water partition coefficient (Wildman–Crippen LogP) is 4.11. The number of thioether (sulfide) groups is 1. The van der Waals surface area contributed by atoms with Gasteiger partial charge in [-0.25, -0.2) is 0 Å². The van der Waals surface area contributed by atoms with Crippen LogP contribution in [0.5, 0.6) is 0 Å². The third-order valence-electron chi connectivity index (χ3n) is 3.51. The summed E-state index contributed by atoms with van der Waals surface area (Å²) in [7, 11) is 0. The van der Waals surface area contributed by atoms with Crippen molar-refractivity contribution in [2.45, 2.75) is 37.9 Å². The molecule has 0 unspecified atom stereocenters. The van der Waals surface area contributed by atoms with Crippen LogP contribution in [0.3, 0.4) is 0 Å². The average molecular weight is 208 g/mol. The van der Waals surface area contributed by atoms with Crippen molar-refractivity contribution in [3.05, 3.63) is 35.9 Å². The Morgan fingerprint density at radius 3 is 1.86 bits per heavy atom. The summed E-state index contributed by atoms with van der Waals surface area (Å²) >= 11 is 1.93. The Labute approximate surface area is 92.1 Å². The maximum absolute atomic E-state index is 2.32. The van der Waals surface area contributed by atoms with Gasteiger partial charge < -0.3 is 0 Å². The van der Waals surface area contributed by atoms with E-state index in [0.717, 1.165) is 0 Å². The van der Waals surface area contributed by atoms with Gasteiger partial charge in [0.1, 0.15) is 0 Å². The van der Waals surface area contributed by atoms with Gasteiger partial charge in [0.25, 0.3) is 0 Å². The molecular weight excluding hydrogens is 188 g/mol. The molecule has 0 atom stereocenters. The van der Waals surface area contributed by atoms with E-state index in [4.69, 9.17) is 0 Å². The van der Waals surface area contributed by atoms with E-state index in [1.54, 1.807) is 0 Å². The van der Waals surface area contributed by atoms with Crippen molar-refractivity contribution in [2.75, 3.05) is 6.26 Å². The molecule has 0 aliphatic heterocycles. The van der Waals surface area contributed by atoms with Gasteiger partial charge >= 0.3 is 0 Å². The normalized spacial score (nSPS) is 12.9. The minimum atomic E-state index is 0.202. The van der Waals surface area contributed by atoms with Crippen LogP contribution in [0.4, 0.5) is 0 Å². The molecule has 1 aromatic rings. The first-order chi connectivity index (χ1) is 6.42. The van der Waals surface area contributed by atoms with Gasteiger partial charge in [-0.2, -0.15) is 11.8 Å². The van der Waals surface area contributed by atoms with Gasteiger partial charge in [0.2, 0.25) is 0 Å². The lowest BCUT2D eigenvalue weighted by atomic mass is 9.74. The minimum Gasteiger partial charge on any atom is -0.158 e. The summed E-state index contributed by atoms with van der Waals surface area (Å²) in [6.45, 7) is 9.26. The molecule has 0 amide bonds. The number of benzene rings is 1. The van der Waals surface area contributed by atoms with Crippen LogP contribution < -0.4 is 0 Å². The van der Waals surface area contributed by atoms with E-state index in [2.05, 4.69) is 64.3 Å². The summed E-state index contributed by atoms with van der Waals surface area (Å²) in [6, 6.07) is 10.8. The first-order valence-electron chi connectivity index (χ1n) is 5.02. The van der Waals surface area contributed by atoms with Gasteiger partial charge in [0, 0.05) is 10.2 Å². The maximum atomic E-state index is 2.32. The predicted molar refractivity (Wildman–Crippen MR) is 67.1 cm³/mol. The molecule has 0 bridgehead atoms. The molecule has 0 N–H and O–H groups in total. The molecule has 0 radical (unpaired) electrons. The molecule has 0 saturated carbocycles. The zero-order valence-corrected chi connectivity index (χ0v) is 10.6. The minimum absolute atomic E-state index is 0.202. The SMILES string of the molecule is CSC(C)(C)C(C)(C)c1ccccc1. The van der Waals surface area contributed by atoms with Crippen molar-refractivity contribution in [1.29, 1.82) is 0 Å². The molecule has 1 aromatic carbocycles. The largest absolute Gasteiger partial charge is 0.158 e. The molecule has 14 heavy (non-hydrogen) atoms. The Kier molecular flexibility index (Phi) is 3.31. The molecule has 0 aliphatic rings. The van der Waals surface area contributed by atoms with Gasteiger partial charge in [-0.15, -0.1) is 0 Å². The highest BCUT2D eigenvalue weighted by Gasteiger charge is 2.37. The van der Waals surface area contributed by atoms with E-state index in [0.29, 0.717) is 0 Å². The van der Waals surface area contributed by atoms with Crippen molar-refractivity contribution in [3.63, 3.8) is 0 Å². The quantitative estimate of drug-likeness (QED) is 0.720. The lowest BCUT2D eigenvalue weighted by Crippen LogP contribution is -2.39. The molecule has 1 rings (SSSR count). The Balaban J connectivity index is 3.08. The molecule has 0 fully saturated rings. The standard InChI is InChI=1S/C13H20S/c1-12(2,13(3,4)14-5)11-9-7-6-8-10-11/h6-10H,1-5H3. The van der Waals surface area contributed by atoms with Gasteiger partial charge in [0.15, 0.2) is 0 Å². The topological polar surface area (TPSA) is 0 Å². The van der Waals surface area contributed by atoms with Crippen LogP contribution in [0.2, 0.25) is 0 Å². The van der Waals surface area contributed by atoms with E-state index in [9.17, 15) is 0 Å². The van der Waals surface area contributed by atoms with Gasteiger partial charge in [-0.3, -0.25) is 0 Å². The van der Waals surface area contributed by atoms with Crippen molar-refractivity contribution < 1.29 is 0 Å². The molecule has 0 nitrogen and oxygen atoms in total. The van der Waals surface area contributed by atoms with Crippen molar-refractivity contribution >= 4 is 11.8 Å². The maximum Gasteiger partial charge on any atom is 0.0192 e. The summed E-state index contributed by atoms with van der Waals surface area (Å²) in [5.41, 5.74) is 1.62. The zero-order chi connectivity index (χ0) is 10.8. The summed E-state index contributed by atoms with van der Waals surface area (Å²) < 4.78 is 0.258. The van der Waals surface area contributed by atoms with Crippen LogP contribution in [0, 0.1) is 0 Å². The fourth-order valence-electron chi connectivity index (χ4n) is 1.46. The van der Waals surface area contributed by atoms with Crippen LogP contribution in [-0.4, -0.2) is 11.0 Å². The van der Waals surface area contributed by atoms with Gasteiger partial charge in [-0.05, 0) is 25.7 Å². The van der Waals surface area contributed by atoms with E-state index in [1.165, 1.54) is 5.56 Å². The first-order valence-corrected chi connectivity index (χ1v) is 6.25. The third kappa shape index (κ3) is 1.98. The monoisotopic (exact) mass is 208 g/mol. The summed E-state index contributed by atoms with van der Waals surface area (Å²) in [4.78, 5) is 0. The highest BCUT2D eigenvalue weighted by atomic mass is 32.2. The molecule has 0 heterocycles. The number of hydrogen-bond donors (Lipinski definition) is 0. The van der Waals surface area contributed by atoms with Crippen molar-refractivity contribution in [1.82, 2.24) is 0 Å². The summed E-state index contributed by atoms with van der Waals surface area (Å²) in [5.74, 6) is 0. The van der Waals surface area contributed by atoms with Crippen LogP contribution in [0.25, 0.3) is 0 Å². The fraction of sp³-hybridized carbons (Fsp3) is 0.538. The van der Waals surface area contributed by atoms with Crippen LogP contribution in [-0.2, 0) is 5.41 Å². The summed E-state index contributed by atoms with van der Waals surface area (Å²) in [6.07, 6.45) is 2.19. The highest BCUT2D eigenvalue weighted by Crippen LogP contribution is 2.42. The smallest absolute Gasteiger partial charge is 0.0192 e. The average Bonchev–Trinajstić information content (AvgIpc) is 2.19. The Morgan fingerprint density at radius 2 is 1.43 bits per heavy atom. The highest BCUT2D eigenvalue weighted by molar-refractivity contribution is 8.00. The number of rotatable bonds is 3. The van der Waals surface area contributed by atoms with Crippen LogP contribution >= 0.6 is 11.8 Å². The molecule has 0 saturated heterocycles. The van der Waals surface area contributed by atoms with Gasteiger partial charge in [-0.1, -0.05) is 44.2 Å². The molecule has 0 aromatic heterocycles. The molecule has 1 heteroatoms. The van der Waals surface area contributed by atoms with E-state index in [-0.39, 0.29) is 10.2 Å². The fourth-order valence-corrected chi connectivity index (χ4v) is 2.09. The second-order valence-corrected chi connectivity index (χ2v) is 6.13. The zero-order valence-electron chi connectivity index (χ0n) is 9.79. The van der Waals surface area contributed by atoms with E-state index >= 15 is 0 Å². The lowest BCUT2D eigenvalue weighted by molar-refractivity contribution is 0.413.